The SMILES string of the molecule is C[C@@H](NS(=O)(=O)c1cc(S(=O)(=O)c2ccccc2)cs1)c1nnc(Oc2ccc(F)cc2)n1C. The van der Waals surface area contributed by atoms with Gasteiger partial charge in [0.2, 0.25) is 9.84 Å². The Morgan fingerprint density at radius 2 is 1.68 bits per heavy atom. The number of hydrogen-bond acceptors (Lipinski definition) is 8. The van der Waals surface area contributed by atoms with E-state index in [1.54, 1.807) is 32.2 Å². The van der Waals surface area contributed by atoms with E-state index in [-0.39, 0.29) is 25.8 Å². The second-order valence-corrected chi connectivity index (χ2v) is 12.0. The average molecular weight is 523 g/mol. The summed E-state index contributed by atoms with van der Waals surface area (Å²) >= 11 is 0.800. The first-order valence-corrected chi connectivity index (χ1v) is 13.7. The van der Waals surface area contributed by atoms with Crippen LogP contribution in [0.5, 0.6) is 11.8 Å². The fraction of sp³-hybridized carbons (Fsp3) is 0.143. The molecule has 2 aromatic heterocycles. The minimum Gasteiger partial charge on any atom is -0.424 e. The Kier molecular flexibility index (Phi) is 6.53. The van der Waals surface area contributed by atoms with Crippen molar-refractivity contribution in [1.29, 1.82) is 0 Å². The average Bonchev–Trinajstić information content (AvgIpc) is 3.44. The van der Waals surface area contributed by atoms with E-state index in [0.717, 1.165) is 17.4 Å². The maximum atomic E-state index is 13.1. The fourth-order valence-corrected chi connectivity index (χ4v) is 7.18. The van der Waals surface area contributed by atoms with Gasteiger partial charge < -0.3 is 4.74 Å². The largest absolute Gasteiger partial charge is 0.424 e. The Balaban J connectivity index is 1.52. The second-order valence-electron chi connectivity index (χ2n) is 7.22. The zero-order valence-electron chi connectivity index (χ0n) is 17.9. The number of benzene rings is 2. The van der Waals surface area contributed by atoms with Crippen molar-refractivity contribution in [2.24, 2.45) is 7.05 Å². The van der Waals surface area contributed by atoms with Crippen LogP contribution in [0, 0.1) is 5.82 Å². The topological polar surface area (TPSA) is 120 Å². The molecule has 0 saturated heterocycles. The van der Waals surface area contributed by atoms with E-state index in [0.29, 0.717) is 5.75 Å². The normalized spacial score (nSPS) is 13.0. The van der Waals surface area contributed by atoms with Crippen molar-refractivity contribution in [2.75, 3.05) is 0 Å². The van der Waals surface area contributed by atoms with Crippen molar-refractivity contribution in [2.45, 2.75) is 27.0 Å². The number of halogens is 1. The second kappa shape index (κ2) is 9.25. The monoisotopic (exact) mass is 522 g/mol. The summed E-state index contributed by atoms with van der Waals surface area (Å²) in [7, 11) is -6.31. The third kappa shape index (κ3) is 4.87. The summed E-state index contributed by atoms with van der Waals surface area (Å²) in [4.78, 5) is -0.0313. The summed E-state index contributed by atoms with van der Waals surface area (Å²) in [5.74, 6) is 0.180. The van der Waals surface area contributed by atoms with Gasteiger partial charge in [-0.25, -0.2) is 21.2 Å². The Morgan fingerprint density at radius 1 is 1.00 bits per heavy atom. The van der Waals surface area contributed by atoms with Crippen LogP contribution >= 0.6 is 11.3 Å². The molecule has 0 unspecified atom stereocenters. The highest BCUT2D eigenvalue weighted by atomic mass is 32.2. The van der Waals surface area contributed by atoms with E-state index in [4.69, 9.17) is 4.74 Å². The number of rotatable bonds is 8. The van der Waals surface area contributed by atoms with Crippen molar-refractivity contribution in [3.63, 3.8) is 0 Å². The van der Waals surface area contributed by atoms with Gasteiger partial charge >= 0.3 is 6.01 Å². The number of nitrogens with one attached hydrogen (secondary N) is 1. The highest BCUT2D eigenvalue weighted by molar-refractivity contribution is 7.93. The van der Waals surface area contributed by atoms with Crippen LogP contribution in [-0.2, 0) is 26.9 Å². The minimum absolute atomic E-state index is 0.0749. The lowest BCUT2D eigenvalue weighted by Gasteiger charge is -2.13. The molecule has 13 heteroatoms. The molecule has 178 valence electrons. The number of aromatic nitrogens is 3. The lowest BCUT2D eigenvalue weighted by Crippen LogP contribution is -2.28. The molecule has 0 spiro atoms. The zero-order valence-corrected chi connectivity index (χ0v) is 20.4. The summed E-state index contributed by atoms with van der Waals surface area (Å²) in [6.07, 6.45) is 0. The van der Waals surface area contributed by atoms with Gasteiger partial charge in [0, 0.05) is 12.4 Å². The molecule has 0 aliphatic heterocycles. The van der Waals surface area contributed by atoms with Gasteiger partial charge in [-0.1, -0.05) is 23.3 Å². The van der Waals surface area contributed by atoms with E-state index in [1.807, 2.05) is 0 Å². The van der Waals surface area contributed by atoms with Crippen LogP contribution in [0.15, 0.2) is 80.0 Å². The summed E-state index contributed by atoms with van der Waals surface area (Å²) in [5, 5.41) is 9.19. The van der Waals surface area contributed by atoms with Crippen LogP contribution < -0.4 is 9.46 Å². The van der Waals surface area contributed by atoms with Crippen molar-refractivity contribution in [1.82, 2.24) is 19.5 Å². The van der Waals surface area contributed by atoms with Gasteiger partial charge in [-0.3, -0.25) is 4.57 Å². The summed E-state index contributed by atoms with van der Waals surface area (Å²) in [6.45, 7) is 1.57. The van der Waals surface area contributed by atoms with E-state index in [9.17, 15) is 21.2 Å². The van der Waals surface area contributed by atoms with Gasteiger partial charge in [0.15, 0.2) is 5.82 Å². The van der Waals surface area contributed by atoms with Gasteiger partial charge in [0.1, 0.15) is 15.8 Å². The van der Waals surface area contributed by atoms with Crippen LogP contribution in [-0.4, -0.2) is 31.6 Å². The molecule has 0 aliphatic carbocycles. The van der Waals surface area contributed by atoms with Crippen LogP contribution in [0.4, 0.5) is 4.39 Å². The molecule has 34 heavy (non-hydrogen) atoms. The Morgan fingerprint density at radius 3 is 2.35 bits per heavy atom. The highest BCUT2D eigenvalue weighted by Gasteiger charge is 2.27. The van der Waals surface area contributed by atoms with Crippen molar-refractivity contribution in [3.8, 4) is 11.8 Å². The van der Waals surface area contributed by atoms with Crippen LogP contribution in [0.25, 0.3) is 0 Å². The molecular weight excluding hydrogens is 503 g/mol. The smallest absolute Gasteiger partial charge is 0.322 e. The van der Waals surface area contributed by atoms with Crippen LogP contribution in [0.3, 0.4) is 0 Å². The van der Waals surface area contributed by atoms with E-state index >= 15 is 0 Å². The molecule has 0 saturated carbocycles. The molecule has 4 aromatic rings. The molecular formula is C21H19FN4O5S3. The fourth-order valence-electron chi connectivity index (χ4n) is 3.06. The first kappa shape index (κ1) is 24.0. The molecule has 4 rings (SSSR count). The molecule has 0 bridgehead atoms. The summed E-state index contributed by atoms with van der Waals surface area (Å²) in [6, 6.07) is 13.5. The highest BCUT2D eigenvalue weighted by Crippen LogP contribution is 2.29. The van der Waals surface area contributed by atoms with Crippen LogP contribution in [0.1, 0.15) is 18.8 Å². The predicted molar refractivity (Wildman–Crippen MR) is 122 cm³/mol. The number of nitrogens with zero attached hydrogens (tertiary/aromatic N) is 3. The van der Waals surface area contributed by atoms with Gasteiger partial charge in [0.25, 0.3) is 10.0 Å². The Labute approximate surface area is 199 Å². The molecule has 0 amide bonds. The summed E-state index contributed by atoms with van der Waals surface area (Å²) < 4.78 is 73.8. The van der Waals surface area contributed by atoms with Crippen molar-refractivity contribution < 1.29 is 26.0 Å². The quantitative estimate of drug-likeness (QED) is 0.375. The van der Waals surface area contributed by atoms with Gasteiger partial charge in [-0.15, -0.1) is 16.4 Å². The van der Waals surface area contributed by atoms with E-state index < -0.39 is 31.7 Å². The summed E-state index contributed by atoms with van der Waals surface area (Å²) in [5.41, 5.74) is 0. The van der Waals surface area contributed by atoms with Gasteiger partial charge in [-0.05, 0) is 49.4 Å². The molecule has 0 radical (unpaired) electrons. The molecule has 1 N–H and O–H groups in total. The predicted octanol–water partition coefficient (Wildman–Crippen LogP) is 3.68. The Hall–Kier alpha value is -3.13. The van der Waals surface area contributed by atoms with Crippen molar-refractivity contribution in [3.05, 3.63) is 77.7 Å². The molecule has 0 aliphatic rings. The third-order valence-electron chi connectivity index (χ3n) is 4.79. The van der Waals surface area contributed by atoms with E-state index in [2.05, 4.69) is 14.9 Å². The third-order valence-corrected chi connectivity index (χ3v) is 9.67. The number of thiophene rings is 1. The lowest BCUT2D eigenvalue weighted by atomic mass is 10.3. The maximum Gasteiger partial charge on any atom is 0.322 e. The molecule has 2 aromatic carbocycles. The molecule has 1 atom stereocenters. The van der Waals surface area contributed by atoms with Gasteiger partial charge in [-0.2, -0.15) is 4.72 Å². The first-order chi connectivity index (χ1) is 16.1. The van der Waals surface area contributed by atoms with Gasteiger partial charge in [0.05, 0.1) is 15.8 Å². The van der Waals surface area contributed by atoms with Crippen LogP contribution in [0.2, 0.25) is 0 Å². The lowest BCUT2D eigenvalue weighted by molar-refractivity contribution is 0.417. The standard InChI is InChI=1S/C21H19FN4O5S3/c1-14(20-23-24-21(26(20)2)31-16-10-8-15(22)9-11-16)25-34(29,30)19-12-18(13-32-19)33(27,28)17-6-4-3-5-7-17/h3-14,25H,1-2H3/t14-/m1/s1. The first-order valence-electron chi connectivity index (χ1n) is 9.81. The van der Waals surface area contributed by atoms with Crippen molar-refractivity contribution >= 4 is 31.2 Å². The maximum absolute atomic E-state index is 13.1. The molecule has 9 nitrogen and oxygen atoms in total. The molecule has 0 fully saturated rings. The number of ether oxygens (including phenoxy) is 1. The number of sulfone groups is 1. The molecule has 2 heterocycles. The van der Waals surface area contributed by atoms with E-state index in [1.165, 1.54) is 46.3 Å². The minimum atomic E-state index is -4.06. The zero-order chi connectivity index (χ0) is 24.5. The number of sulfonamides is 1. The Bertz CT molecular complexity index is 1520. The number of hydrogen-bond donors (Lipinski definition) is 1.